The molecule has 0 fully saturated rings. The van der Waals surface area contributed by atoms with Gasteiger partial charge in [-0.2, -0.15) is 0 Å². The minimum absolute atomic E-state index is 0.319. The van der Waals surface area contributed by atoms with Crippen LogP contribution in [0.5, 0.6) is 0 Å². The SMILES string of the molecule is O=S(=O)(c1cccc2ccccc12)c1c[nH]c2ccccc12. The molecule has 0 amide bonds. The molecule has 0 spiro atoms. The lowest BCUT2D eigenvalue weighted by molar-refractivity contribution is 0.598. The van der Waals surface area contributed by atoms with Crippen molar-refractivity contribution < 1.29 is 8.42 Å². The van der Waals surface area contributed by atoms with E-state index in [9.17, 15) is 8.42 Å². The molecule has 0 unspecified atom stereocenters. The molecule has 22 heavy (non-hydrogen) atoms. The molecule has 1 aromatic heterocycles. The van der Waals surface area contributed by atoms with Crippen molar-refractivity contribution >= 4 is 31.5 Å². The van der Waals surface area contributed by atoms with Crippen LogP contribution in [0.3, 0.4) is 0 Å². The summed E-state index contributed by atoms with van der Waals surface area (Å²) in [7, 11) is -3.58. The fraction of sp³-hybridized carbons (Fsp3) is 0. The molecule has 0 aliphatic carbocycles. The summed E-state index contributed by atoms with van der Waals surface area (Å²) in [4.78, 5) is 3.69. The van der Waals surface area contributed by atoms with Gasteiger partial charge in [-0.3, -0.25) is 0 Å². The molecule has 4 aromatic rings. The Morgan fingerprint density at radius 2 is 1.36 bits per heavy atom. The molecule has 0 aliphatic rings. The summed E-state index contributed by atoms with van der Waals surface area (Å²) in [6, 6.07) is 20.3. The first-order chi connectivity index (χ1) is 10.7. The second kappa shape index (κ2) is 4.71. The number of aromatic nitrogens is 1. The van der Waals surface area contributed by atoms with E-state index < -0.39 is 9.84 Å². The van der Waals surface area contributed by atoms with Gasteiger partial charge in [-0.1, -0.05) is 54.6 Å². The van der Waals surface area contributed by atoms with Gasteiger partial charge in [0.15, 0.2) is 0 Å². The van der Waals surface area contributed by atoms with E-state index in [1.54, 1.807) is 18.3 Å². The number of benzene rings is 3. The van der Waals surface area contributed by atoms with E-state index in [0.717, 1.165) is 21.7 Å². The van der Waals surface area contributed by atoms with Crippen LogP contribution in [-0.4, -0.2) is 13.4 Å². The monoisotopic (exact) mass is 307 g/mol. The Bertz CT molecular complexity index is 1090. The van der Waals surface area contributed by atoms with Gasteiger partial charge in [0, 0.05) is 22.5 Å². The summed E-state index contributed by atoms with van der Waals surface area (Å²) in [6.07, 6.45) is 1.57. The molecular weight excluding hydrogens is 294 g/mol. The third-order valence-corrected chi connectivity index (χ3v) is 5.73. The second-order valence-electron chi connectivity index (χ2n) is 5.18. The summed E-state index contributed by atoms with van der Waals surface area (Å²) >= 11 is 0. The minimum Gasteiger partial charge on any atom is -0.360 e. The predicted octanol–water partition coefficient (Wildman–Crippen LogP) is 4.15. The van der Waals surface area contributed by atoms with Gasteiger partial charge in [0.25, 0.3) is 0 Å². The Morgan fingerprint density at radius 3 is 2.23 bits per heavy atom. The molecule has 0 saturated heterocycles. The minimum atomic E-state index is -3.58. The molecule has 4 rings (SSSR count). The molecular formula is C18H13NO2S. The molecule has 1 N–H and O–H groups in total. The van der Waals surface area contributed by atoms with Crippen molar-refractivity contribution in [1.82, 2.24) is 4.98 Å². The maximum Gasteiger partial charge on any atom is 0.209 e. The van der Waals surface area contributed by atoms with Gasteiger partial charge >= 0.3 is 0 Å². The molecule has 3 nitrogen and oxygen atoms in total. The summed E-state index contributed by atoms with van der Waals surface area (Å²) in [5.41, 5.74) is 0.821. The number of nitrogens with one attached hydrogen (secondary N) is 1. The zero-order valence-corrected chi connectivity index (χ0v) is 12.5. The van der Waals surface area contributed by atoms with Crippen LogP contribution in [0.1, 0.15) is 0 Å². The summed E-state index contributed by atoms with van der Waals surface area (Å²) in [5.74, 6) is 0. The van der Waals surface area contributed by atoms with Crippen molar-refractivity contribution in [3.05, 3.63) is 72.9 Å². The van der Waals surface area contributed by atoms with Crippen LogP contribution in [-0.2, 0) is 9.84 Å². The van der Waals surface area contributed by atoms with Crippen LogP contribution >= 0.6 is 0 Å². The standard InChI is InChI=1S/C18H13NO2S/c20-22(21,18-12-19-16-10-4-3-9-15(16)18)17-11-5-7-13-6-1-2-8-14(13)17/h1-12,19H. The van der Waals surface area contributed by atoms with Crippen LogP contribution in [0.25, 0.3) is 21.7 Å². The average molecular weight is 307 g/mol. The first kappa shape index (κ1) is 13.1. The average Bonchev–Trinajstić information content (AvgIpc) is 2.99. The molecule has 1 heterocycles. The van der Waals surface area contributed by atoms with Gasteiger partial charge in [-0.25, -0.2) is 8.42 Å². The first-order valence-electron chi connectivity index (χ1n) is 6.97. The molecule has 0 aliphatic heterocycles. The summed E-state index contributed by atoms with van der Waals surface area (Å²) in [5, 5.41) is 2.38. The maximum atomic E-state index is 13.1. The van der Waals surface area contributed by atoms with Crippen LogP contribution < -0.4 is 0 Å². The van der Waals surface area contributed by atoms with Crippen LogP contribution in [0.15, 0.2) is 82.7 Å². The lowest BCUT2D eigenvalue weighted by Crippen LogP contribution is -2.02. The van der Waals surface area contributed by atoms with E-state index in [1.165, 1.54) is 0 Å². The quantitative estimate of drug-likeness (QED) is 0.604. The van der Waals surface area contributed by atoms with Crippen LogP contribution in [0.2, 0.25) is 0 Å². The molecule has 0 radical (unpaired) electrons. The topological polar surface area (TPSA) is 49.9 Å². The van der Waals surface area contributed by atoms with E-state index in [0.29, 0.717) is 9.79 Å². The fourth-order valence-corrected chi connectivity index (χ4v) is 4.47. The fourth-order valence-electron chi connectivity index (χ4n) is 2.82. The first-order valence-corrected chi connectivity index (χ1v) is 8.45. The third-order valence-electron chi connectivity index (χ3n) is 3.88. The third kappa shape index (κ3) is 1.84. The molecule has 108 valence electrons. The number of aromatic amines is 1. The van der Waals surface area contributed by atoms with Crippen molar-refractivity contribution in [2.45, 2.75) is 9.79 Å². The number of sulfone groups is 1. The van der Waals surface area contributed by atoms with Crippen molar-refractivity contribution in [3.8, 4) is 0 Å². The van der Waals surface area contributed by atoms with E-state index in [-0.39, 0.29) is 0 Å². The molecule has 0 atom stereocenters. The number of rotatable bonds is 2. The lowest BCUT2D eigenvalue weighted by atomic mass is 10.1. The normalized spacial score (nSPS) is 12.0. The number of hydrogen-bond acceptors (Lipinski definition) is 2. The number of para-hydroxylation sites is 1. The van der Waals surface area contributed by atoms with Gasteiger partial charge < -0.3 is 4.98 Å². The van der Waals surface area contributed by atoms with Gasteiger partial charge in [0.1, 0.15) is 0 Å². The highest BCUT2D eigenvalue weighted by Gasteiger charge is 2.23. The lowest BCUT2D eigenvalue weighted by Gasteiger charge is -2.07. The van der Waals surface area contributed by atoms with Gasteiger partial charge in [-0.15, -0.1) is 0 Å². The van der Waals surface area contributed by atoms with E-state index >= 15 is 0 Å². The van der Waals surface area contributed by atoms with Crippen molar-refractivity contribution in [2.24, 2.45) is 0 Å². The molecule has 3 aromatic carbocycles. The smallest absolute Gasteiger partial charge is 0.209 e. The zero-order chi connectivity index (χ0) is 15.2. The van der Waals surface area contributed by atoms with Crippen molar-refractivity contribution in [1.29, 1.82) is 0 Å². The molecule has 0 bridgehead atoms. The zero-order valence-electron chi connectivity index (χ0n) is 11.7. The predicted molar refractivity (Wildman–Crippen MR) is 87.7 cm³/mol. The highest BCUT2D eigenvalue weighted by Crippen LogP contribution is 2.32. The number of hydrogen-bond donors (Lipinski definition) is 1. The van der Waals surface area contributed by atoms with Gasteiger partial charge in [0.05, 0.1) is 9.79 Å². The highest BCUT2D eigenvalue weighted by molar-refractivity contribution is 7.92. The Balaban J connectivity index is 2.05. The van der Waals surface area contributed by atoms with Gasteiger partial charge in [-0.05, 0) is 17.5 Å². The summed E-state index contributed by atoms with van der Waals surface area (Å²) < 4.78 is 26.2. The van der Waals surface area contributed by atoms with E-state index in [1.807, 2.05) is 54.6 Å². The number of H-pyrrole nitrogens is 1. The van der Waals surface area contributed by atoms with E-state index in [2.05, 4.69) is 4.98 Å². The van der Waals surface area contributed by atoms with Crippen molar-refractivity contribution in [3.63, 3.8) is 0 Å². The Hall–Kier alpha value is -2.59. The van der Waals surface area contributed by atoms with E-state index in [4.69, 9.17) is 0 Å². The number of fused-ring (bicyclic) bond motifs is 2. The largest absolute Gasteiger partial charge is 0.360 e. The Kier molecular flexibility index (Phi) is 2.81. The van der Waals surface area contributed by atoms with Crippen molar-refractivity contribution in [2.75, 3.05) is 0 Å². The van der Waals surface area contributed by atoms with Crippen LogP contribution in [0.4, 0.5) is 0 Å². The Morgan fingerprint density at radius 1 is 0.682 bits per heavy atom. The second-order valence-corrected chi connectivity index (χ2v) is 7.07. The molecule has 4 heteroatoms. The maximum absolute atomic E-state index is 13.1. The highest BCUT2D eigenvalue weighted by atomic mass is 32.2. The molecule has 0 saturated carbocycles. The van der Waals surface area contributed by atoms with Crippen LogP contribution in [0, 0.1) is 0 Å². The summed E-state index contributed by atoms with van der Waals surface area (Å²) in [6.45, 7) is 0. The van der Waals surface area contributed by atoms with Gasteiger partial charge in [0.2, 0.25) is 9.84 Å². The Labute approximate surface area is 128 Å².